The molecule has 1 N–H and O–H groups in total. The molecule has 3 aromatic rings. The number of aliphatic carboxylic acids is 1. The van der Waals surface area contributed by atoms with Gasteiger partial charge in [0.2, 0.25) is 11.0 Å². The molecule has 0 radical (unpaired) electrons. The number of aromatic nitrogens is 2. The van der Waals surface area contributed by atoms with Crippen molar-refractivity contribution in [2.24, 2.45) is 5.92 Å². The van der Waals surface area contributed by atoms with Gasteiger partial charge in [-0.15, -0.1) is 10.2 Å². The van der Waals surface area contributed by atoms with Crippen LogP contribution >= 0.6 is 22.9 Å². The highest BCUT2D eigenvalue weighted by Gasteiger charge is 2.46. The summed E-state index contributed by atoms with van der Waals surface area (Å²) in [6, 6.07) is 14.0. The minimum atomic E-state index is -0.676. The topological polar surface area (TPSA) is 86.6 Å². The molecule has 1 aromatic heterocycles. The summed E-state index contributed by atoms with van der Waals surface area (Å²) in [5.74, 6) is -0.272. The fourth-order valence-corrected chi connectivity index (χ4v) is 7.47. The van der Waals surface area contributed by atoms with Crippen molar-refractivity contribution in [3.63, 3.8) is 0 Å². The smallest absolute Gasteiger partial charge is 0.320 e. The zero-order valence-electron chi connectivity index (χ0n) is 23.2. The minimum Gasteiger partial charge on any atom is -0.480 e. The lowest BCUT2D eigenvalue weighted by Crippen LogP contribution is -2.37. The number of carbonyl (C=O) groups excluding carboxylic acids is 1. The largest absolute Gasteiger partial charge is 0.480 e. The molecule has 7 nitrogen and oxygen atoms in total. The fourth-order valence-electron chi connectivity index (χ4n) is 6.29. The number of hydrogen-bond acceptors (Lipinski definition) is 6. The number of carboxylic acids is 1. The zero-order chi connectivity index (χ0) is 28.2. The van der Waals surface area contributed by atoms with E-state index in [9.17, 15) is 14.7 Å². The molecular weight excluding hydrogens is 544 g/mol. The van der Waals surface area contributed by atoms with Crippen LogP contribution in [-0.2, 0) is 22.4 Å². The third-order valence-electron chi connectivity index (χ3n) is 8.40. The summed E-state index contributed by atoms with van der Waals surface area (Å²) in [5.41, 5.74) is 4.22. The average Bonchev–Trinajstić information content (AvgIpc) is 3.67. The van der Waals surface area contributed by atoms with Crippen LogP contribution < -0.4 is 4.90 Å². The maximum Gasteiger partial charge on any atom is 0.320 e. The second kappa shape index (κ2) is 12.8. The van der Waals surface area contributed by atoms with Gasteiger partial charge in [-0.2, -0.15) is 0 Å². The van der Waals surface area contributed by atoms with Gasteiger partial charge in [0.1, 0.15) is 11.0 Å². The molecule has 2 aliphatic rings. The number of carboxylic acid groups (broad SMARTS) is 1. The van der Waals surface area contributed by atoms with Crippen LogP contribution in [0.15, 0.2) is 42.5 Å². The fraction of sp³-hybridized carbons (Fsp3) is 0.484. The van der Waals surface area contributed by atoms with Crippen LogP contribution in [0.25, 0.3) is 10.6 Å². The van der Waals surface area contributed by atoms with Crippen LogP contribution in [0.2, 0.25) is 5.02 Å². The molecule has 1 amide bonds. The number of benzene rings is 2. The zero-order valence-corrected chi connectivity index (χ0v) is 24.8. The van der Waals surface area contributed by atoms with Crippen LogP contribution in [-0.4, -0.2) is 57.3 Å². The van der Waals surface area contributed by atoms with Crippen molar-refractivity contribution in [2.45, 2.75) is 77.3 Å². The Bertz CT molecular complexity index is 1360. The highest BCUT2D eigenvalue weighted by atomic mass is 35.5. The van der Waals surface area contributed by atoms with Crippen LogP contribution in [0.1, 0.15) is 62.1 Å². The maximum atomic E-state index is 13.3. The Balaban J connectivity index is 1.27. The Morgan fingerprint density at radius 3 is 2.77 bits per heavy atom. The molecule has 3 atom stereocenters. The number of amides is 1. The predicted octanol–water partition coefficient (Wildman–Crippen LogP) is 6.41. The molecule has 0 saturated carbocycles. The van der Waals surface area contributed by atoms with E-state index in [4.69, 9.17) is 11.6 Å². The standard InChI is InChI=1S/C31H37ClN4O3S/c1-3-4-15-36(28(37)19-22-8-5-6-9-25(22)32)31-34-33-29(40-31)24-14-12-21(17-20(24)2)11-13-23-18-27(30(38)39)35-16-7-10-26(23)35/h5-6,8-9,12,14,17,23,26-27H,3-4,7,10-11,13,15-16,18-19H2,1-2H3,(H,38,39). The molecular formula is C31H37ClN4O3S. The van der Waals surface area contributed by atoms with Crippen LogP contribution in [0.4, 0.5) is 5.13 Å². The number of unbranched alkanes of at least 4 members (excludes halogenated alkanes) is 1. The summed E-state index contributed by atoms with van der Waals surface area (Å²) >= 11 is 7.76. The Kier molecular flexibility index (Phi) is 9.18. The summed E-state index contributed by atoms with van der Waals surface area (Å²) in [5, 5.41) is 20.5. The molecule has 2 fully saturated rings. The first-order valence-corrected chi connectivity index (χ1v) is 15.5. The average molecular weight is 581 g/mol. The molecule has 212 valence electrons. The Morgan fingerprint density at radius 1 is 1.20 bits per heavy atom. The van der Waals surface area contributed by atoms with E-state index in [1.165, 1.54) is 16.9 Å². The number of aryl methyl sites for hydroxylation is 2. The first kappa shape index (κ1) is 28.7. The molecule has 0 spiro atoms. The molecule has 9 heteroatoms. The van der Waals surface area contributed by atoms with Crippen molar-refractivity contribution in [1.29, 1.82) is 0 Å². The van der Waals surface area contributed by atoms with Crippen molar-refractivity contribution in [3.8, 4) is 10.6 Å². The molecule has 40 heavy (non-hydrogen) atoms. The highest BCUT2D eigenvalue weighted by molar-refractivity contribution is 7.18. The molecule has 3 heterocycles. The van der Waals surface area contributed by atoms with E-state index in [1.807, 2.05) is 18.2 Å². The monoisotopic (exact) mass is 580 g/mol. The SMILES string of the molecule is CCCCN(C(=O)Cc1ccccc1Cl)c1nnc(-c2ccc(CCC3CC(C(=O)O)N4CCCC34)cc2C)s1. The van der Waals surface area contributed by atoms with Gasteiger partial charge < -0.3 is 5.11 Å². The second-order valence-electron chi connectivity index (χ2n) is 11.0. The van der Waals surface area contributed by atoms with E-state index >= 15 is 0 Å². The Hall–Kier alpha value is -2.81. The first-order valence-electron chi connectivity index (χ1n) is 14.3. The quantitative estimate of drug-likeness (QED) is 0.282. The molecule has 2 aliphatic heterocycles. The number of anilines is 1. The maximum absolute atomic E-state index is 13.3. The lowest BCUT2D eigenvalue weighted by Gasteiger charge is -2.22. The number of fused-ring (bicyclic) bond motifs is 1. The van der Waals surface area contributed by atoms with E-state index in [1.54, 1.807) is 11.0 Å². The third-order valence-corrected chi connectivity index (χ3v) is 9.75. The normalized spacial score (nSPS) is 20.5. The van der Waals surface area contributed by atoms with Gasteiger partial charge in [0.25, 0.3) is 0 Å². The minimum absolute atomic E-state index is 0.0331. The second-order valence-corrected chi connectivity index (χ2v) is 12.4. The van der Waals surface area contributed by atoms with Gasteiger partial charge in [-0.05, 0) is 80.7 Å². The molecule has 2 saturated heterocycles. The molecule has 0 aliphatic carbocycles. The number of carbonyl (C=O) groups is 2. The van der Waals surface area contributed by atoms with E-state index < -0.39 is 5.97 Å². The van der Waals surface area contributed by atoms with Crippen LogP contribution in [0.3, 0.4) is 0 Å². The van der Waals surface area contributed by atoms with Gasteiger partial charge in [0, 0.05) is 23.2 Å². The van der Waals surface area contributed by atoms with Gasteiger partial charge in [0.05, 0.1) is 6.42 Å². The first-order chi connectivity index (χ1) is 19.4. The van der Waals surface area contributed by atoms with Crippen molar-refractivity contribution in [3.05, 3.63) is 64.2 Å². The third kappa shape index (κ3) is 6.24. The predicted molar refractivity (Wildman–Crippen MR) is 160 cm³/mol. The van der Waals surface area contributed by atoms with Crippen LogP contribution in [0, 0.1) is 12.8 Å². The Labute approximate surface area is 245 Å². The van der Waals surface area contributed by atoms with Gasteiger partial charge >= 0.3 is 5.97 Å². The van der Waals surface area contributed by atoms with Gasteiger partial charge in [-0.25, -0.2) is 0 Å². The number of nitrogens with zero attached hydrogens (tertiary/aromatic N) is 4. The van der Waals surface area contributed by atoms with E-state index in [0.29, 0.717) is 28.7 Å². The lowest BCUT2D eigenvalue weighted by molar-refractivity contribution is -0.142. The molecule has 5 rings (SSSR count). The Morgan fingerprint density at radius 2 is 2.02 bits per heavy atom. The van der Waals surface area contributed by atoms with Crippen molar-refractivity contribution >= 4 is 39.9 Å². The molecule has 3 unspecified atom stereocenters. The van der Waals surface area contributed by atoms with Crippen molar-refractivity contribution < 1.29 is 14.7 Å². The molecule has 2 aromatic carbocycles. The van der Waals surface area contributed by atoms with Gasteiger partial charge in [-0.3, -0.25) is 19.4 Å². The van der Waals surface area contributed by atoms with Crippen LogP contribution in [0.5, 0.6) is 0 Å². The van der Waals surface area contributed by atoms with Crippen molar-refractivity contribution in [1.82, 2.24) is 15.1 Å². The van der Waals surface area contributed by atoms with Gasteiger partial charge in [0.15, 0.2) is 0 Å². The van der Waals surface area contributed by atoms with E-state index in [2.05, 4.69) is 47.1 Å². The summed E-state index contributed by atoms with van der Waals surface area (Å²) in [6.45, 7) is 5.70. The summed E-state index contributed by atoms with van der Waals surface area (Å²) in [7, 11) is 0. The number of hydrogen-bond donors (Lipinski definition) is 1. The summed E-state index contributed by atoms with van der Waals surface area (Å²) < 4.78 is 0. The lowest BCUT2D eigenvalue weighted by atomic mass is 9.90. The number of halogens is 1. The summed E-state index contributed by atoms with van der Waals surface area (Å²) in [6.07, 6.45) is 6.99. The molecule has 0 bridgehead atoms. The van der Waals surface area contributed by atoms with E-state index in [0.717, 1.165) is 73.2 Å². The number of rotatable bonds is 11. The van der Waals surface area contributed by atoms with Gasteiger partial charge in [-0.1, -0.05) is 72.7 Å². The van der Waals surface area contributed by atoms with Crippen molar-refractivity contribution in [2.75, 3.05) is 18.0 Å². The van der Waals surface area contributed by atoms with E-state index in [-0.39, 0.29) is 18.4 Å². The summed E-state index contributed by atoms with van der Waals surface area (Å²) in [4.78, 5) is 29.0. The highest BCUT2D eigenvalue weighted by Crippen LogP contribution is 2.40.